The molecule has 1 fully saturated rings. The van der Waals surface area contributed by atoms with Crippen molar-refractivity contribution >= 4 is 0 Å². The lowest BCUT2D eigenvalue weighted by Gasteiger charge is -2.40. The van der Waals surface area contributed by atoms with E-state index < -0.39 is 0 Å². The Bertz CT molecular complexity index is 934. The van der Waals surface area contributed by atoms with E-state index in [1.165, 1.54) is 11.1 Å². The van der Waals surface area contributed by atoms with Crippen molar-refractivity contribution in [2.75, 3.05) is 33.8 Å². The van der Waals surface area contributed by atoms with Crippen molar-refractivity contribution in [1.82, 2.24) is 14.8 Å². The minimum Gasteiger partial charge on any atom is -0.493 e. The lowest BCUT2D eigenvalue weighted by atomic mass is 10.0. The van der Waals surface area contributed by atoms with E-state index in [0.717, 1.165) is 43.4 Å². The molecule has 0 aliphatic carbocycles. The third-order valence-electron chi connectivity index (χ3n) is 5.59. The van der Waals surface area contributed by atoms with Crippen LogP contribution in [0.4, 0.5) is 0 Å². The van der Waals surface area contributed by atoms with E-state index >= 15 is 0 Å². The van der Waals surface area contributed by atoms with Crippen LogP contribution in [0.1, 0.15) is 22.9 Å². The quantitative estimate of drug-likeness (QED) is 0.592. The summed E-state index contributed by atoms with van der Waals surface area (Å²) in [4.78, 5) is 9.30. The zero-order chi connectivity index (χ0) is 20.8. The molecule has 1 aromatic heterocycles. The zero-order valence-corrected chi connectivity index (χ0v) is 17.7. The van der Waals surface area contributed by atoms with Gasteiger partial charge in [0.15, 0.2) is 11.5 Å². The van der Waals surface area contributed by atoms with Crippen LogP contribution in [0.2, 0.25) is 0 Å². The van der Waals surface area contributed by atoms with E-state index in [-0.39, 0.29) is 0 Å². The summed E-state index contributed by atoms with van der Waals surface area (Å²) < 4.78 is 11.6. The molecule has 2 heterocycles. The number of benzene rings is 2. The molecule has 5 nitrogen and oxygen atoms in total. The average Bonchev–Trinajstić information content (AvgIpc) is 2.80. The lowest BCUT2D eigenvalue weighted by Crippen LogP contribution is -2.46. The molecule has 1 unspecified atom stereocenters. The van der Waals surface area contributed by atoms with Crippen LogP contribution in [0.5, 0.6) is 11.5 Å². The van der Waals surface area contributed by atoms with Gasteiger partial charge in [-0.1, -0.05) is 42.5 Å². The summed E-state index contributed by atoms with van der Waals surface area (Å²) in [5.74, 6) is 1.50. The minimum atomic E-state index is 0.380. The standard InChI is InChI=1S/C25H29N3O2/c1-27-14-15-28(23(18-27)21-8-4-3-5-9-21)17-20-11-12-24(29-2)25(16-20)30-19-22-10-6-7-13-26-22/h3-13,16,23H,14-15,17-19H2,1-2H3. The molecule has 3 aromatic rings. The largest absolute Gasteiger partial charge is 0.493 e. The monoisotopic (exact) mass is 403 g/mol. The second-order valence-electron chi connectivity index (χ2n) is 7.75. The summed E-state index contributed by atoms with van der Waals surface area (Å²) in [5.41, 5.74) is 3.48. The van der Waals surface area contributed by atoms with Gasteiger partial charge in [0.05, 0.1) is 12.8 Å². The van der Waals surface area contributed by atoms with E-state index in [1.54, 1.807) is 13.3 Å². The molecule has 0 radical (unpaired) electrons. The number of piperazine rings is 1. The molecule has 1 saturated heterocycles. The molecule has 0 bridgehead atoms. The van der Waals surface area contributed by atoms with Gasteiger partial charge in [-0.15, -0.1) is 0 Å². The average molecular weight is 404 g/mol. The number of hydrogen-bond acceptors (Lipinski definition) is 5. The number of ether oxygens (including phenoxy) is 2. The molecule has 2 aromatic carbocycles. The highest BCUT2D eigenvalue weighted by atomic mass is 16.5. The van der Waals surface area contributed by atoms with Crippen LogP contribution >= 0.6 is 0 Å². The van der Waals surface area contributed by atoms with Crippen molar-refractivity contribution in [3.05, 3.63) is 89.7 Å². The SMILES string of the molecule is COc1ccc(CN2CCN(C)CC2c2ccccc2)cc1OCc1ccccn1. The van der Waals surface area contributed by atoms with Crippen LogP contribution in [0.25, 0.3) is 0 Å². The molecular weight excluding hydrogens is 374 g/mol. The molecule has 1 aliphatic rings. The molecule has 0 spiro atoms. The topological polar surface area (TPSA) is 37.8 Å². The van der Waals surface area contributed by atoms with E-state index in [4.69, 9.17) is 9.47 Å². The Hall–Kier alpha value is -2.89. The van der Waals surface area contributed by atoms with Crippen LogP contribution in [0.15, 0.2) is 72.9 Å². The van der Waals surface area contributed by atoms with Gasteiger partial charge in [-0.05, 0) is 42.4 Å². The Morgan fingerprint density at radius 1 is 0.967 bits per heavy atom. The Kier molecular flexibility index (Phi) is 6.62. The van der Waals surface area contributed by atoms with Crippen LogP contribution < -0.4 is 9.47 Å². The predicted molar refractivity (Wildman–Crippen MR) is 119 cm³/mol. The van der Waals surface area contributed by atoms with Gasteiger partial charge in [0.25, 0.3) is 0 Å². The molecule has 1 atom stereocenters. The van der Waals surface area contributed by atoms with Crippen molar-refractivity contribution < 1.29 is 9.47 Å². The van der Waals surface area contributed by atoms with Gasteiger partial charge in [-0.2, -0.15) is 0 Å². The van der Waals surface area contributed by atoms with Gasteiger partial charge in [0.1, 0.15) is 6.61 Å². The smallest absolute Gasteiger partial charge is 0.162 e. The highest BCUT2D eigenvalue weighted by molar-refractivity contribution is 5.43. The Balaban J connectivity index is 1.51. The van der Waals surface area contributed by atoms with Gasteiger partial charge < -0.3 is 14.4 Å². The molecular formula is C25H29N3O2. The maximum absolute atomic E-state index is 6.06. The second-order valence-corrected chi connectivity index (χ2v) is 7.75. The van der Waals surface area contributed by atoms with E-state index in [1.807, 2.05) is 24.3 Å². The van der Waals surface area contributed by atoms with Crippen LogP contribution in [0.3, 0.4) is 0 Å². The molecule has 0 saturated carbocycles. The summed E-state index contributed by atoms with van der Waals surface area (Å²) in [5, 5.41) is 0. The van der Waals surface area contributed by atoms with E-state index in [9.17, 15) is 0 Å². The number of likely N-dealkylation sites (N-methyl/N-ethyl adjacent to an activating group) is 1. The first kappa shape index (κ1) is 20.4. The first-order chi connectivity index (χ1) is 14.7. The highest BCUT2D eigenvalue weighted by Gasteiger charge is 2.26. The van der Waals surface area contributed by atoms with Gasteiger partial charge >= 0.3 is 0 Å². The Morgan fingerprint density at radius 2 is 1.80 bits per heavy atom. The molecule has 156 valence electrons. The second kappa shape index (κ2) is 9.74. The van der Waals surface area contributed by atoms with Gasteiger partial charge in [0, 0.05) is 38.4 Å². The van der Waals surface area contributed by atoms with Gasteiger partial charge in [0.2, 0.25) is 0 Å². The molecule has 30 heavy (non-hydrogen) atoms. The fourth-order valence-corrected chi connectivity index (χ4v) is 3.94. The van der Waals surface area contributed by atoms with Crippen molar-refractivity contribution in [3.8, 4) is 11.5 Å². The third-order valence-corrected chi connectivity index (χ3v) is 5.59. The maximum Gasteiger partial charge on any atom is 0.162 e. The normalized spacial score (nSPS) is 17.6. The van der Waals surface area contributed by atoms with Gasteiger partial charge in [-0.25, -0.2) is 0 Å². The fraction of sp³-hybridized carbons (Fsp3) is 0.320. The maximum atomic E-state index is 6.06. The number of methoxy groups -OCH3 is 1. The van der Waals surface area contributed by atoms with Crippen LogP contribution in [-0.4, -0.2) is 48.6 Å². The van der Waals surface area contributed by atoms with Crippen molar-refractivity contribution in [1.29, 1.82) is 0 Å². The summed E-state index contributed by atoms with van der Waals surface area (Å²) >= 11 is 0. The molecule has 5 heteroatoms. The van der Waals surface area contributed by atoms with E-state index in [0.29, 0.717) is 12.6 Å². The summed E-state index contributed by atoms with van der Waals surface area (Å²) in [6.07, 6.45) is 1.78. The third kappa shape index (κ3) is 4.99. The number of nitrogens with zero attached hydrogens (tertiary/aromatic N) is 3. The fourth-order valence-electron chi connectivity index (χ4n) is 3.94. The Labute approximate surface area is 178 Å². The number of aromatic nitrogens is 1. The Morgan fingerprint density at radius 3 is 2.57 bits per heavy atom. The molecule has 4 rings (SSSR count). The molecule has 0 amide bonds. The first-order valence-electron chi connectivity index (χ1n) is 10.4. The van der Waals surface area contributed by atoms with Crippen LogP contribution in [0, 0.1) is 0 Å². The van der Waals surface area contributed by atoms with Crippen LogP contribution in [-0.2, 0) is 13.2 Å². The van der Waals surface area contributed by atoms with Crippen molar-refractivity contribution in [2.24, 2.45) is 0 Å². The number of pyridine rings is 1. The number of rotatable bonds is 7. The lowest BCUT2D eigenvalue weighted by molar-refractivity contribution is 0.0833. The summed E-state index contributed by atoms with van der Waals surface area (Å²) in [6.45, 7) is 4.43. The van der Waals surface area contributed by atoms with Crippen molar-refractivity contribution in [2.45, 2.75) is 19.2 Å². The first-order valence-corrected chi connectivity index (χ1v) is 10.4. The molecule has 1 aliphatic heterocycles. The zero-order valence-electron chi connectivity index (χ0n) is 17.7. The molecule has 0 N–H and O–H groups in total. The van der Waals surface area contributed by atoms with E-state index in [2.05, 4.69) is 64.3 Å². The number of hydrogen-bond donors (Lipinski definition) is 0. The summed E-state index contributed by atoms with van der Waals surface area (Å²) in [6, 6.07) is 23.2. The predicted octanol–water partition coefficient (Wildman–Crippen LogP) is 4.16. The van der Waals surface area contributed by atoms with Gasteiger partial charge in [-0.3, -0.25) is 9.88 Å². The summed E-state index contributed by atoms with van der Waals surface area (Å²) in [7, 11) is 3.87. The van der Waals surface area contributed by atoms with Crippen molar-refractivity contribution in [3.63, 3.8) is 0 Å². The minimum absolute atomic E-state index is 0.380. The highest BCUT2D eigenvalue weighted by Crippen LogP contribution is 2.31.